The van der Waals surface area contributed by atoms with Crippen molar-refractivity contribution in [2.24, 2.45) is 0 Å². The molecule has 5 aromatic carbocycles. The lowest BCUT2D eigenvalue weighted by atomic mass is 9.67. The minimum absolute atomic E-state index is 0.0271. The molecule has 1 N–H and O–H groups in total. The van der Waals surface area contributed by atoms with Gasteiger partial charge in [-0.1, -0.05) is 121 Å². The summed E-state index contributed by atoms with van der Waals surface area (Å²) in [6.45, 7) is 3.05. The molecule has 0 fully saturated rings. The summed E-state index contributed by atoms with van der Waals surface area (Å²) in [6, 6.07) is 48.8. The summed E-state index contributed by atoms with van der Waals surface area (Å²) in [5.74, 6) is -0.133. The van der Waals surface area contributed by atoms with Gasteiger partial charge < -0.3 is 5.11 Å². The van der Waals surface area contributed by atoms with E-state index in [0.717, 1.165) is 33.5 Å². The number of Topliss-reactive ketones (excluding diaryl/α,β-unsaturated/α-hetero) is 1. The number of aliphatic hydroxyl groups is 1. The third-order valence-corrected chi connectivity index (χ3v) is 8.75. The highest BCUT2D eigenvalue weighted by atomic mass is 16.3. The summed E-state index contributed by atoms with van der Waals surface area (Å²) >= 11 is 0. The molecule has 0 atom stereocenters. The van der Waals surface area contributed by atoms with Crippen LogP contribution in [-0.4, -0.2) is 15.9 Å². The van der Waals surface area contributed by atoms with Gasteiger partial charge in [0.1, 0.15) is 5.76 Å². The number of carbonyl (C=O) groups excluding carboxylic acids is 1. The Morgan fingerprint density at radius 3 is 1.73 bits per heavy atom. The maximum atomic E-state index is 12.4. The molecule has 0 unspecified atom stereocenters. The van der Waals surface area contributed by atoms with Crippen LogP contribution >= 0.6 is 0 Å². The van der Waals surface area contributed by atoms with Gasteiger partial charge in [0.2, 0.25) is 0 Å². The van der Waals surface area contributed by atoms with Crippen molar-refractivity contribution in [3.63, 3.8) is 0 Å². The largest absolute Gasteiger partial charge is 0.512 e. The van der Waals surface area contributed by atoms with Crippen LogP contribution in [0.5, 0.6) is 0 Å². The minimum Gasteiger partial charge on any atom is -0.512 e. The first-order valence-electron chi connectivity index (χ1n) is 14.8. The molecule has 0 saturated carbocycles. The van der Waals surface area contributed by atoms with Crippen molar-refractivity contribution in [2.75, 3.05) is 0 Å². The molecule has 3 heteroatoms. The average Bonchev–Trinajstić information content (AvgIpc) is 3.37. The molecule has 0 spiro atoms. The lowest BCUT2D eigenvalue weighted by Crippen LogP contribution is -2.28. The van der Waals surface area contributed by atoms with Crippen LogP contribution in [0.1, 0.15) is 41.7 Å². The number of nitrogens with zero attached hydrogens (tertiary/aromatic N) is 1. The zero-order valence-electron chi connectivity index (χ0n) is 24.7. The quantitative estimate of drug-likeness (QED) is 0.160. The maximum Gasteiger partial charge on any atom is 0.163 e. The van der Waals surface area contributed by atoms with Crippen LogP contribution in [-0.2, 0) is 10.2 Å². The number of aromatic nitrogens is 1. The molecule has 1 aromatic heterocycles. The van der Waals surface area contributed by atoms with Crippen LogP contribution in [0.2, 0.25) is 0 Å². The number of benzene rings is 5. The highest BCUT2D eigenvalue weighted by molar-refractivity contribution is 6.20. The van der Waals surface area contributed by atoms with Crippen molar-refractivity contribution >= 4 is 11.4 Å². The highest BCUT2D eigenvalue weighted by Gasteiger charge is 2.45. The summed E-state index contributed by atoms with van der Waals surface area (Å²) in [4.78, 5) is 16.9. The number of pyridine rings is 1. The fourth-order valence-electron chi connectivity index (χ4n) is 6.88. The van der Waals surface area contributed by atoms with Gasteiger partial charge in [0.05, 0.1) is 16.7 Å². The van der Waals surface area contributed by atoms with E-state index in [1.807, 2.05) is 36.5 Å². The molecule has 3 nitrogen and oxygen atoms in total. The monoisotopic (exact) mass is 569 g/mol. The molecule has 212 valence electrons. The van der Waals surface area contributed by atoms with Crippen molar-refractivity contribution in [1.29, 1.82) is 0 Å². The number of aliphatic hydroxyl groups excluding tert-OH is 1. The van der Waals surface area contributed by atoms with Gasteiger partial charge in [-0.3, -0.25) is 9.78 Å². The van der Waals surface area contributed by atoms with Crippen LogP contribution < -0.4 is 0 Å². The van der Waals surface area contributed by atoms with E-state index in [-0.39, 0.29) is 11.5 Å². The average molecular weight is 570 g/mol. The zero-order chi connectivity index (χ0) is 30.3. The Kier molecular flexibility index (Phi) is 6.79. The second kappa shape index (κ2) is 10.9. The summed E-state index contributed by atoms with van der Waals surface area (Å²) in [7, 11) is 0. The molecule has 0 saturated heterocycles. The van der Waals surface area contributed by atoms with Crippen molar-refractivity contribution in [1.82, 2.24) is 4.98 Å². The fraction of sp³-hybridized carbons (Fsp3) is 0.0732. The van der Waals surface area contributed by atoms with Crippen LogP contribution in [0, 0.1) is 0 Å². The molecular formula is C41H31NO2. The number of carbonyl (C=O) groups is 1. The van der Waals surface area contributed by atoms with Gasteiger partial charge in [-0.25, -0.2) is 0 Å². The van der Waals surface area contributed by atoms with Crippen molar-refractivity contribution in [3.05, 3.63) is 179 Å². The van der Waals surface area contributed by atoms with E-state index in [2.05, 4.69) is 114 Å². The van der Waals surface area contributed by atoms with Crippen molar-refractivity contribution in [2.45, 2.75) is 19.3 Å². The molecule has 0 radical (unpaired) electrons. The predicted molar refractivity (Wildman–Crippen MR) is 178 cm³/mol. The third kappa shape index (κ3) is 4.37. The maximum absolute atomic E-state index is 12.4. The molecule has 44 heavy (non-hydrogen) atoms. The van der Waals surface area contributed by atoms with Crippen LogP contribution in [0.4, 0.5) is 0 Å². The van der Waals surface area contributed by atoms with Gasteiger partial charge >= 0.3 is 0 Å². The van der Waals surface area contributed by atoms with E-state index in [1.165, 1.54) is 29.2 Å². The van der Waals surface area contributed by atoms with Crippen molar-refractivity contribution in [3.8, 4) is 33.5 Å². The van der Waals surface area contributed by atoms with Crippen LogP contribution in [0.15, 0.2) is 151 Å². The first-order chi connectivity index (χ1) is 21.5. The summed E-state index contributed by atoms with van der Waals surface area (Å²) < 4.78 is 0. The van der Waals surface area contributed by atoms with Gasteiger partial charge in [-0.15, -0.1) is 0 Å². The van der Waals surface area contributed by atoms with Gasteiger partial charge in [0, 0.05) is 11.8 Å². The van der Waals surface area contributed by atoms with Crippen molar-refractivity contribution < 1.29 is 9.90 Å². The first-order valence-corrected chi connectivity index (χ1v) is 14.8. The summed E-state index contributed by atoms with van der Waals surface area (Å²) in [5, 5.41) is 10.3. The number of ketones is 1. The second-order valence-electron chi connectivity index (χ2n) is 11.3. The lowest BCUT2D eigenvalue weighted by Gasteiger charge is -2.34. The van der Waals surface area contributed by atoms with Crippen LogP contribution in [0.25, 0.3) is 39.1 Å². The molecular weight excluding hydrogens is 538 g/mol. The van der Waals surface area contributed by atoms with Gasteiger partial charge in [-0.05, 0) is 82.1 Å². The summed E-state index contributed by atoms with van der Waals surface area (Å²) in [5.41, 5.74) is 11.9. The van der Waals surface area contributed by atoms with Gasteiger partial charge in [0.25, 0.3) is 0 Å². The van der Waals surface area contributed by atoms with E-state index in [4.69, 9.17) is 0 Å². The standard InChI is InChI=1S/C41H31NO2/c1-27(43)40(28(2)44)30-19-23-34(24-20-30)41(37-14-5-3-12-35(37)36-13-4-6-15-38(36)41)33-21-17-29(18-22-33)31-10-9-11-32(26-31)39-16-7-8-25-42-39/h3-26,43H,1-2H3. The Bertz CT molecular complexity index is 1990. The molecule has 0 aliphatic heterocycles. The molecule has 6 aromatic rings. The topological polar surface area (TPSA) is 50.2 Å². The molecule has 1 aliphatic carbocycles. The molecule has 7 rings (SSSR count). The van der Waals surface area contributed by atoms with E-state index in [9.17, 15) is 9.90 Å². The SMILES string of the molecule is CC(=O)C(=C(C)O)c1ccc(C2(c3ccc(-c4cccc(-c5ccccn5)c4)cc3)c3ccccc3-c3ccccc32)cc1. The number of fused-ring (bicyclic) bond motifs is 3. The molecule has 0 bridgehead atoms. The van der Waals surface area contributed by atoms with E-state index in [0.29, 0.717) is 11.1 Å². The molecule has 1 heterocycles. The first kappa shape index (κ1) is 27.3. The number of allylic oxidation sites excluding steroid dienone is 2. The number of hydrogen-bond donors (Lipinski definition) is 1. The normalized spacial score (nSPS) is 13.5. The Morgan fingerprint density at radius 2 is 1.16 bits per heavy atom. The Morgan fingerprint density at radius 1 is 0.591 bits per heavy atom. The van der Waals surface area contributed by atoms with E-state index < -0.39 is 5.41 Å². The fourth-order valence-corrected chi connectivity index (χ4v) is 6.88. The predicted octanol–water partition coefficient (Wildman–Crippen LogP) is 9.66. The smallest absolute Gasteiger partial charge is 0.163 e. The zero-order valence-corrected chi connectivity index (χ0v) is 24.7. The number of rotatable bonds is 6. The summed E-state index contributed by atoms with van der Waals surface area (Å²) in [6.07, 6.45) is 1.82. The second-order valence-corrected chi connectivity index (χ2v) is 11.3. The van der Waals surface area contributed by atoms with E-state index >= 15 is 0 Å². The van der Waals surface area contributed by atoms with Gasteiger partial charge in [0.15, 0.2) is 5.78 Å². The highest BCUT2D eigenvalue weighted by Crippen LogP contribution is 2.56. The Hall–Kier alpha value is -5.54. The Balaban J connectivity index is 1.40. The number of hydrogen-bond acceptors (Lipinski definition) is 3. The third-order valence-electron chi connectivity index (χ3n) is 8.75. The van der Waals surface area contributed by atoms with E-state index in [1.54, 1.807) is 6.92 Å². The molecule has 1 aliphatic rings. The molecule has 0 amide bonds. The lowest BCUT2D eigenvalue weighted by molar-refractivity contribution is -0.111. The Labute approximate surface area is 257 Å². The minimum atomic E-state index is -0.561. The van der Waals surface area contributed by atoms with Gasteiger partial charge in [-0.2, -0.15) is 0 Å². The van der Waals surface area contributed by atoms with Crippen LogP contribution in [0.3, 0.4) is 0 Å².